The van der Waals surface area contributed by atoms with Gasteiger partial charge in [-0.1, -0.05) is 5.21 Å². The van der Waals surface area contributed by atoms with Crippen LogP contribution in [0.25, 0.3) is 0 Å². The monoisotopic (exact) mass is 196 g/mol. The minimum absolute atomic E-state index is 0.324. The van der Waals surface area contributed by atoms with E-state index in [1.807, 2.05) is 10.9 Å². The minimum Gasteiger partial charge on any atom is -0.393 e. The molecule has 0 bridgehead atoms. The van der Waals surface area contributed by atoms with E-state index in [1.165, 1.54) is 0 Å². The fourth-order valence-electron chi connectivity index (χ4n) is 1.73. The molecule has 0 spiro atoms. The van der Waals surface area contributed by atoms with Crippen LogP contribution in [0.15, 0.2) is 6.20 Å². The van der Waals surface area contributed by atoms with Crippen molar-refractivity contribution in [1.82, 2.24) is 15.0 Å². The van der Waals surface area contributed by atoms with Crippen LogP contribution in [0.2, 0.25) is 0 Å². The zero-order chi connectivity index (χ0) is 10.1. The van der Waals surface area contributed by atoms with E-state index in [1.54, 1.807) is 6.92 Å². The second-order valence-corrected chi connectivity index (χ2v) is 4.13. The number of rotatable bonds is 3. The van der Waals surface area contributed by atoms with E-state index in [-0.39, 0.29) is 6.10 Å². The number of nitrogens with zero attached hydrogens (tertiary/aromatic N) is 3. The average Bonchev–Trinajstić information content (AvgIpc) is 2.46. The van der Waals surface area contributed by atoms with Crippen molar-refractivity contribution in [1.29, 1.82) is 0 Å². The van der Waals surface area contributed by atoms with Crippen molar-refractivity contribution in [3.05, 3.63) is 11.9 Å². The van der Waals surface area contributed by atoms with Crippen molar-refractivity contribution in [3.8, 4) is 0 Å². The molecule has 0 saturated heterocycles. The molecule has 5 heteroatoms. The second kappa shape index (κ2) is 3.67. The van der Waals surface area contributed by atoms with E-state index in [0.717, 1.165) is 18.5 Å². The van der Waals surface area contributed by atoms with E-state index in [0.29, 0.717) is 18.5 Å². The van der Waals surface area contributed by atoms with Crippen molar-refractivity contribution in [2.75, 3.05) is 0 Å². The first-order valence-corrected chi connectivity index (χ1v) is 4.99. The van der Waals surface area contributed by atoms with Gasteiger partial charge in [0.25, 0.3) is 0 Å². The first-order valence-electron chi connectivity index (χ1n) is 4.99. The summed E-state index contributed by atoms with van der Waals surface area (Å²) in [6.45, 7) is 1.75. The van der Waals surface area contributed by atoms with Crippen LogP contribution in [0, 0.1) is 0 Å². The Balaban J connectivity index is 1.96. The Morgan fingerprint density at radius 2 is 2.43 bits per heavy atom. The fourth-order valence-corrected chi connectivity index (χ4v) is 1.73. The van der Waals surface area contributed by atoms with Crippen LogP contribution in [-0.2, 0) is 6.42 Å². The Morgan fingerprint density at radius 3 is 3.00 bits per heavy atom. The van der Waals surface area contributed by atoms with Crippen LogP contribution in [-0.4, -0.2) is 32.2 Å². The minimum atomic E-state index is -0.358. The molecule has 1 atom stereocenters. The van der Waals surface area contributed by atoms with Crippen molar-refractivity contribution >= 4 is 0 Å². The molecule has 1 aliphatic carbocycles. The molecule has 1 saturated carbocycles. The highest BCUT2D eigenvalue weighted by Crippen LogP contribution is 2.29. The lowest BCUT2D eigenvalue weighted by atomic mass is 9.88. The summed E-state index contributed by atoms with van der Waals surface area (Å²) in [7, 11) is 0. The lowest BCUT2D eigenvalue weighted by Gasteiger charge is -2.31. The van der Waals surface area contributed by atoms with Crippen LogP contribution < -0.4 is 5.73 Å². The van der Waals surface area contributed by atoms with Gasteiger partial charge in [0.2, 0.25) is 0 Å². The molecule has 1 aromatic heterocycles. The van der Waals surface area contributed by atoms with Crippen molar-refractivity contribution < 1.29 is 5.11 Å². The van der Waals surface area contributed by atoms with Gasteiger partial charge in [-0.25, -0.2) is 4.68 Å². The van der Waals surface area contributed by atoms with Gasteiger partial charge in [0, 0.05) is 18.7 Å². The van der Waals surface area contributed by atoms with Crippen LogP contribution >= 0.6 is 0 Å². The highest BCUT2D eigenvalue weighted by atomic mass is 16.3. The number of aromatic nitrogens is 3. The number of aliphatic hydroxyl groups is 1. The molecule has 1 aliphatic rings. The molecule has 0 aliphatic heterocycles. The molecule has 14 heavy (non-hydrogen) atoms. The summed E-state index contributed by atoms with van der Waals surface area (Å²) in [5, 5.41) is 17.2. The van der Waals surface area contributed by atoms with E-state index < -0.39 is 0 Å². The molecule has 0 unspecified atom stereocenters. The molecular formula is C9H16N4O. The summed E-state index contributed by atoms with van der Waals surface area (Å²) in [4.78, 5) is 0. The molecule has 1 heterocycles. The highest BCUT2D eigenvalue weighted by Gasteiger charge is 2.28. The van der Waals surface area contributed by atoms with Gasteiger partial charge in [-0.05, 0) is 19.8 Å². The Kier molecular flexibility index (Phi) is 2.52. The fraction of sp³-hybridized carbons (Fsp3) is 0.778. The van der Waals surface area contributed by atoms with Crippen LogP contribution in [0.1, 0.15) is 31.5 Å². The molecule has 0 amide bonds. The van der Waals surface area contributed by atoms with Crippen molar-refractivity contribution in [2.24, 2.45) is 5.73 Å². The van der Waals surface area contributed by atoms with Crippen LogP contribution in [0.4, 0.5) is 0 Å². The molecule has 1 aromatic rings. The Labute approximate surface area is 82.9 Å². The predicted octanol–water partition coefficient (Wildman–Crippen LogP) is -0.136. The molecule has 0 aromatic carbocycles. The van der Waals surface area contributed by atoms with E-state index in [9.17, 15) is 0 Å². The van der Waals surface area contributed by atoms with Crippen LogP contribution in [0.5, 0.6) is 0 Å². The molecule has 2 rings (SSSR count). The maximum Gasteiger partial charge on any atom is 0.0852 e. The summed E-state index contributed by atoms with van der Waals surface area (Å²) < 4.78 is 1.86. The third-order valence-corrected chi connectivity index (χ3v) is 2.59. The summed E-state index contributed by atoms with van der Waals surface area (Å²) in [5.41, 5.74) is 6.54. The Bertz CT molecular complexity index is 304. The van der Waals surface area contributed by atoms with Gasteiger partial charge in [0.15, 0.2) is 0 Å². The van der Waals surface area contributed by atoms with Gasteiger partial charge in [0.05, 0.1) is 17.8 Å². The maximum absolute atomic E-state index is 9.17. The molecule has 3 N–H and O–H groups in total. The first-order chi connectivity index (χ1) is 6.65. The Hall–Kier alpha value is -0.940. The van der Waals surface area contributed by atoms with Crippen molar-refractivity contribution in [2.45, 2.75) is 44.4 Å². The summed E-state index contributed by atoms with van der Waals surface area (Å²) in [6, 6.07) is 0.740. The largest absolute Gasteiger partial charge is 0.393 e. The summed E-state index contributed by atoms with van der Waals surface area (Å²) in [6.07, 6.45) is 4.08. The van der Waals surface area contributed by atoms with Gasteiger partial charge < -0.3 is 10.8 Å². The van der Waals surface area contributed by atoms with Crippen LogP contribution in [0.3, 0.4) is 0 Å². The van der Waals surface area contributed by atoms with Gasteiger partial charge in [-0.3, -0.25) is 0 Å². The van der Waals surface area contributed by atoms with E-state index in [4.69, 9.17) is 10.8 Å². The number of hydrogen-bond donors (Lipinski definition) is 2. The SMILES string of the molecule is C[C@@H](O)Cc1cn(C2CC(N)C2)nn1. The number of hydrogen-bond acceptors (Lipinski definition) is 4. The smallest absolute Gasteiger partial charge is 0.0852 e. The molecule has 78 valence electrons. The zero-order valence-corrected chi connectivity index (χ0v) is 8.30. The van der Waals surface area contributed by atoms with Gasteiger partial charge in [0.1, 0.15) is 0 Å². The molecule has 5 nitrogen and oxygen atoms in total. The third kappa shape index (κ3) is 1.93. The average molecular weight is 196 g/mol. The lowest BCUT2D eigenvalue weighted by Crippen LogP contribution is -2.37. The summed E-state index contributed by atoms with van der Waals surface area (Å²) >= 11 is 0. The highest BCUT2D eigenvalue weighted by molar-refractivity contribution is 4.97. The topological polar surface area (TPSA) is 77.0 Å². The quantitative estimate of drug-likeness (QED) is 0.705. The lowest BCUT2D eigenvalue weighted by molar-refractivity contribution is 0.194. The van der Waals surface area contributed by atoms with Gasteiger partial charge in [-0.15, -0.1) is 5.10 Å². The third-order valence-electron chi connectivity index (χ3n) is 2.59. The molecular weight excluding hydrogens is 180 g/mol. The predicted molar refractivity (Wildman–Crippen MR) is 51.7 cm³/mol. The number of aliphatic hydroxyl groups excluding tert-OH is 1. The first kappa shape index (κ1) is 9.61. The maximum atomic E-state index is 9.17. The second-order valence-electron chi connectivity index (χ2n) is 4.13. The van der Waals surface area contributed by atoms with Gasteiger partial charge in [-0.2, -0.15) is 0 Å². The van der Waals surface area contributed by atoms with Crippen molar-refractivity contribution in [3.63, 3.8) is 0 Å². The van der Waals surface area contributed by atoms with E-state index in [2.05, 4.69) is 10.3 Å². The Morgan fingerprint density at radius 1 is 1.71 bits per heavy atom. The molecule has 1 fully saturated rings. The standard InChI is InChI=1S/C9H16N4O/c1-6(14)2-8-5-13(12-11-8)9-3-7(10)4-9/h5-7,9,14H,2-4,10H2,1H3/t6-,7?,9?/m1/s1. The van der Waals surface area contributed by atoms with E-state index >= 15 is 0 Å². The zero-order valence-electron chi connectivity index (χ0n) is 8.30. The molecule has 0 radical (unpaired) electrons. The normalized spacial score (nSPS) is 28.5. The summed E-state index contributed by atoms with van der Waals surface area (Å²) in [5.74, 6) is 0. The number of nitrogens with two attached hydrogens (primary N) is 1. The van der Waals surface area contributed by atoms with Gasteiger partial charge >= 0.3 is 0 Å².